The summed E-state index contributed by atoms with van der Waals surface area (Å²) in [6.45, 7) is 6.28. The maximum absolute atomic E-state index is 10.8. The Morgan fingerprint density at radius 3 is 2.07 bits per heavy atom. The van der Waals surface area contributed by atoms with Crippen LogP contribution in [0.15, 0.2) is 30.5 Å². The molecule has 0 heterocycles. The molecule has 0 aromatic rings. The molecule has 2 amide bonds. The van der Waals surface area contributed by atoms with Gasteiger partial charge in [-0.25, -0.2) is 0 Å². The van der Waals surface area contributed by atoms with Gasteiger partial charge in [-0.2, -0.15) is 0 Å². The minimum atomic E-state index is -1.61. The Hall–Kier alpha value is -2.02. The van der Waals surface area contributed by atoms with E-state index in [1.807, 2.05) is 10.6 Å². The number of aliphatic hydroxyl groups is 1. The standard InChI is InChI=1S/C8H11N3O4/c1-3-5(12)9-7(11-15)8(14)10-6(13)4-2/h3-4,7-8,14H,1-2H2,(H,9,12)(H,10,13). The zero-order valence-corrected chi connectivity index (χ0v) is 7.84. The lowest BCUT2D eigenvalue weighted by Crippen LogP contribution is -2.49. The molecular formula is C8H11N3O4. The third-order valence-electron chi connectivity index (χ3n) is 1.36. The number of aliphatic hydroxyl groups excluding tert-OH is 1. The van der Waals surface area contributed by atoms with Gasteiger partial charge in [-0.15, -0.1) is 4.91 Å². The second-order valence-corrected chi connectivity index (χ2v) is 2.42. The van der Waals surface area contributed by atoms with Crippen LogP contribution in [0.2, 0.25) is 0 Å². The van der Waals surface area contributed by atoms with Gasteiger partial charge in [0, 0.05) is 0 Å². The highest BCUT2D eigenvalue weighted by atomic mass is 16.3. The number of nitroso groups, excluding NO2 is 1. The van der Waals surface area contributed by atoms with Gasteiger partial charge >= 0.3 is 0 Å². The Morgan fingerprint density at radius 1 is 1.20 bits per heavy atom. The molecule has 0 rings (SSSR count). The zero-order chi connectivity index (χ0) is 11.8. The molecule has 0 aromatic carbocycles. The number of amides is 2. The fourth-order valence-corrected chi connectivity index (χ4v) is 0.651. The minimum Gasteiger partial charge on any atom is -0.370 e. The molecular weight excluding hydrogens is 202 g/mol. The molecule has 2 unspecified atom stereocenters. The van der Waals surface area contributed by atoms with Gasteiger partial charge in [0.15, 0.2) is 6.23 Å². The van der Waals surface area contributed by atoms with Gasteiger partial charge in [-0.05, 0) is 17.3 Å². The van der Waals surface area contributed by atoms with Gasteiger partial charge in [-0.1, -0.05) is 13.2 Å². The first-order chi connectivity index (χ1) is 7.04. The summed E-state index contributed by atoms with van der Waals surface area (Å²) in [5.74, 6) is -1.38. The molecule has 2 atom stereocenters. The largest absolute Gasteiger partial charge is 0.370 e. The summed E-state index contributed by atoms with van der Waals surface area (Å²) in [6.07, 6.45) is -1.28. The van der Waals surface area contributed by atoms with Gasteiger partial charge in [0.1, 0.15) is 0 Å². The van der Waals surface area contributed by atoms with Crippen molar-refractivity contribution in [2.75, 3.05) is 0 Å². The molecule has 0 aliphatic heterocycles. The number of hydrogen-bond donors (Lipinski definition) is 3. The van der Waals surface area contributed by atoms with Crippen molar-refractivity contribution in [1.82, 2.24) is 10.6 Å². The van der Waals surface area contributed by atoms with Crippen molar-refractivity contribution in [3.05, 3.63) is 30.2 Å². The van der Waals surface area contributed by atoms with E-state index in [4.69, 9.17) is 0 Å². The Balaban J connectivity index is 4.33. The van der Waals surface area contributed by atoms with Gasteiger partial charge in [0.05, 0.1) is 0 Å². The zero-order valence-electron chi connectivity index (χ0n) is 7.84. The number of nitrogens with zero attached hydrogens (tertiary/aromatic N) is 1. The smallest absolute Gasteiger partial charge is 0.245 e. The molecule has 0 radical (unpaired) electrons. The molecule has 0 saturated carbocycles. The lowest BCUT2D eigenvalue weighted by Gasteiger charge is -2.17. The van der Waals surface area contributed by atoms with Crippen LogP contribution in [-0.4, -0.2) is 29.3 Å². The second kappa shape index (κ2) is 6.44. The summed E-state index contributed by atoms with van der Waals surface area (Å²) < 4.78 is 0. The van der Waals surface area contributed by atoms with Gasteiger partial charge < -0.3 is 15.7 Å². The van der Waals surface area contributed by atoms with E-state index in [1.165, 1.54) is 0 Å². The highest BCUT2D eigenvalue weighted by molar-refractivity contribution is 5.88. The van der Waals surface area contributed by atoms with Crippen LogP contribution in [0.5, 0.6) is 0 Å². The first-order valence-corrected chi connectivity index (χ1v) is 3.91. The average molecular weight is 213 g/mol. The summed E-state index contributed by atoms with van der Waals surface area (Å²) in [7, 11) is 0. The normalized spacial score (nSPS) is 13.1. The quantitative estimate of drug-likeness (QED) is 0.299. The van der Waals surface area contributed by atoms with Crippen LogP contribution in [0.4, 0.5) is 0 Å². The monoisotopic (exact) mass is 213 g/mol. The average Bonchev–Trinajstić information content (AvgIpc) is 2.24. The van der Waals surface area contributed by atoms with E-state index in [2.05, 4.69) is 18.3 Å². The molecule has 0 aliphatic rings. The van der Waals surface area contributed by atoms with Crippen LogP contribution in [-0.2, 0) is 9.59 Å². The molecule has 15 heavy (non-hydrogen) atoms. The lowest BCUT2D eigenvalue weighted by molar-refractivity contribution is -0.122. The predicted molar refractivity (Wildman–Crippen MR) is 52.3 cm³/mol. The molecule has 0 saturated heterocycles. The van der Waals surface area contributed by atoms with Crippen LogP contribution in [0.25, 0.3) is 0 Å². The van der Waals surface area contributed by atoms with Crippen molar-refractivity contribution in [3.63, 3.8) is 0 Å². The molecule has 3 N–H and O–H groups in total. The number of carbonyl (C=O) groups is 2. The van der Waals surface area contributed by atoms with Gasteiger partial charge in [-0.3, -0.25) is 9.59 Å². The van der Waals surface area contributed by atoms with Crippen molar-refractivity contribution in [3.8, 4) is 0 Å². The van der Waals surface area contributed by atoms with E-state index in [0.717, 1.165) is 12.2 Å². The van der Waals surface area contributed by atoms with Crippen LogP contribution >= 0.6 is 0 Å². The lowest BCUT2D eigenvalue weighted by atomic mass is 10.4. The van der Waals surface area contributed by atoms with Crippen molar-refractivity contribution >= 4 is 11.8 Å². The molecule has 0 fully saturated rings. The number of rotatable bonds is 6. The maximum atomic E-state index is 10.8. The van der Waals surface area contributed by atoms with E-state index < -0.39 is 24.2 Å². The van der Waals surface area contributed by atoms with Gasteiger partial charge in [0.2, 0.25) is 18.0 Å². The van der Waals surface area contributed by atoms with E-state index in [1.54, 1.807) is 0 Å². The van der Waals surface area contributed by atoms with E-state index in [0.29, 0.717) is 0 Å². The van der Waals surface area contributed by atoms with E-state index >= 15 is 0 Å². The highest BCUT2D eigenvalue weighted by Crippen LogP contribution is 1.92. The molecule has 0 bridgehead atoms. The predicted octanol–water partition coefficient (Wildman–Crippen LogP) is -0.998. The molecule has 82 valence electrons. The van der Waals surface area contributed by atoms with Crippen molar-refractivity contribution < 1.29 is 14.7 Å². The number of carbonyl (C=O) groups excluding carboxylic acids is 2. The van der Waals surface area contributed by atoms with Gasteiger partial charge in [0.25, 0.3) is 0 Å². The third-order valence-corrected chi connectivity index (χ3v) is 1.36. The Kier molecular flexibility index (Phi) is 5.57. The van der Waals surface area contributed by atoms with E-state index in [9.17, 15) is 19.6 Å². The molecule has 7 nitrogen and oxygen atoms in total. The van der Waals surface area contributed by atoms with Crippen molar-refractivity contribution in [2.45, 2.75) is 12.4 Å². The third kappa shape index (κ3) is 4.67. The fraction of sp³-hybridized carbons (Fsp3) is 0.250. The molecule has 7 heteroatoms. The van der Waals surface area contributed by atoms with Crippen molar-refractivity contribution in [1.29, 1.82) is 0 Å². The van der Waals surface area contributed by atoms with Crippen LogP contribution in [0.3, 0.4) is 0 Å². The second-order valence-electron chi connectivity index (χ2n) is 2.42. The summed E-state index contributed by atoms with van der Waals surface area (Å²) in [5, 5.41) is 15.6. The Labute approximate surface area is 85.8 Å². The van der Waals surface area contributed by atoms with Crippen molar-refractivity contribution in [2.24, 2.45) is 5.18 Å². The van der Waals surface area contributed by atoms with E-state index in [-0.39, 0.29) is 0 Å². The van der Waals surface area contributed by atoms with Crippen LogP contribution < -0.4 is 10.6 Å². The summed E-state index contributed by atoms with van der Waals surface area (Å²) in [5.41, 5.74) is 0. The first kappa shape index (κ1) is 13.0. The fourth-order valence-electron chi connectivity index (χ4n) is 0.651. The Morgan fingerprint density at radius 2 is 1.67 bits per heavy atom. The Bertz CT molecular complexity index is 290. The number of nitrogens with one attached hydrogen (secondary N) is 2. The highest BCUT2D eigenvalue weighted by Gasteiger charge is 2.21. The number of hydrogen-bond acceptors (Lipinski definition) is 5. The maximum Gasteiger partial charge on any atom is 0.245 e. The summed E-state index contributed by atoms with van der Waals surface area (Å²) >= 11 is 0. The van der Waals surface area contributed by atoms with Crippen LogP contribution in [0.1, 0.15) is 0 Å². The summed E-state index contributed by atoms with van der Waals surface area (Å²) in [4.78, 5) is 31.7. The minimum absolute atomic E-state index is 0.688. The molecule has 0 aromatic heterocycles. The molecule has 0 spiro atoms. The summed E-state index contributed by atoms with van der Waals surface area (Å²) in [6, 6.07) is 0. The topological polar surface area (TPSA) is 108 Å². The molecule has 0 aliphatic carbocycles. The van der Waals surface area contributed by atoms with Crippen LogP contribution in [0, 0.1) is 4.91 Å². The SMILES string of the molecule is C=CC(=O)NC(O)C(N=O)NC(=O)C=C. The first-order valence-electron chi connectivity index (χ1n) is 3.91.